The number of ether oxygens (including phenoxy) is 1. The quantitative estimate of drug-likeness (QED) is 0.750. The van der Waals surface area contributed by atoms with Gasteiger partial charge in [0, 0.05) is 54.4 Å². The molecule has 0 bridgehead atoms. The Balaban J connectivity index is 1.71. The summed E-state index contributed by atoms with van der Waals surface area (Å²) in [6.45, 7) is 3.46. The van der Waals surface area contributed by atoms with Gasteiger partial charge in [0.2, 0.25) is 0 Å². The van der Waals surface area contributed by atoms with Gasteiger partial charge in [0.15, 0.2) is 12.3 Å². The smallest absolute Gasteiger partial charge is 0.170 e. The molecule has 0 atom stereocenters. The Kier molecular flexibility index (Phi) is 4.59. The zero-order chi connectivity index (χ0) is 17.2. The molecule has 0 aliphatic carbocycles. The van der Waals surface area contributed by atoms with Gasteiger partial charge in [-0.2, -0.15) is 0 Å². The number of rotatable bonds is 4. The SMILES string of the molecule is Cc1cc(-c2cc3cnc(NC4CCOCC4)cc3n2SF)ccn1. The molecule has 1 saturated heterocycles. The zero-order valence-electron chi connectivity index (χ0n) is 13.9. The molecule has 1 N–H and O–H groups in total. The molecule has 0 unspecified atom stereocenters. The number of fused-ring (bicyclic) bond motifs is 1. The maximum atomic E-state index is 13.7. The van der Waals surface area contributed by atoms with Gasteiger partial charge < -0.3 is 10.1 Å². The van der Waals surface area contributed by atoms with Crippen molar-refractivity contribution in [3.05, 3.63) is 42.4 Å². The molecule has 0 saturated carbocycles. The minimum absolute atomic E-state index is 0.208. The number of aromatic nitrogens is 3. The van der Waals surface area contributed by atoms with Gasteiger partial charge in [-0.3, -0.25) is 8.96 Å². The summed E-state index contributed by atoms with van der Waals surface area (Å²) < 4.78 is 20.7. The molecule has 3 aromatic heterocycles. The van der Waals surface area contributed by atoms with Crippen LogP contribution in [0.3, 0.4) is 0 Å². The molecule has 5 nitrogen and oxygen atoms in total. The predicted molar refractivity (Wildman–Crippen MR) is 99.3 cm³/mol. The lowest BCUT2D eigenvalue weighted by molar-refractivity contribution is 0.0904. The Morgan fingerprint density at radius 1 is 1.24 bits per heavy atom. The van der Waals surface area contributed by atoms with Gasteiger partial charge in [-0.15, -0.1) is 3.89 Å². The fourth-order valence-corrected chi connectivity index (χ4v) is 3.65. The van der Waals surface area contributed by atoms with Crippen LogP contribution in [0.15, 0.2) is 36.7 Å². The highest BCUT2D eigenvalue weighted by molar-refractivity contribution is 7.93. The Hall–Kier alpha value is -2.12. The standard InChI is InChI=1S/C18H19FN4OS/c1-12-8-13(2-5-20-12)16-9-14-11-21-18(10-17(14)23(16)25-19)22-15-3-6-24-7-4-15/h2,5,8-11,15H,3-4,6-7H2,1H3,(H,21,22). The topological polar surface area (TPSA) is 52.0 Å². The number of nitrogens with zero attached hydrogens (tertiary/aromatic N) is 3. The van der Waals surface area contributed by atoms with Gasteiger partial charge in [0.05, 0.1) is 11.2 Å². The molecular formula is C18H19FN4OS. The van der Waals surface area contributed by atoms with Crippen LogP contribution in [0.25, 0.3) is 22.2 Å². The minimum atomic E-state index is 0.208. The maximum absolute atomic E-state index is 13.7. The maximum Gasteiger partial charge on any atom is 0.170 e. The van der Waals surface area contributed by atoms with Crippen LogP contribution in [-0.4, -0.2) is 33.2 Å². The zero-order valence-corrected chi connectivity index (χ0v) is 14.7. The lowest BCUT2D eigenvalue weighted by atomic mass is 10.1. The van der Waals surface area contributed by atoms with Crippen LogP contribution in [0.4, 0.5) is 9.70 Å². The molecule has 7 heteroatoms. The predicted octanol–water partition coefficient (Wildman–Crippen LogP) is 4.38. The molecule has 0 aromatic carbocycles. The van der Waals surface area contributed by atoms with E-state index < -0.39 is 0 Å². The van der Waals surface area contributed by atoms with Crippen molar-refractivity contribution in [2.24, 2.45) is 0 Å². The van der Waals surface area contributed by atoms with Crippen molar-refractivity contribution >= 4 is 29.1 Å². The largest absolute Gasteiger partial charge is 0.381 e. The molecule has 4 heterocycles. The van der Waals surface area contributed by atoms with Gasteiger partial charge in [-0.05, 0) is 38.0 Å². The highest BCUT2D eigenvalue weighted by atomic mass is 32.2. The van der Waals surface area contributed by atoms with Crippen molar-refractivity contribution in [3.8, 4) is 11.3 Å². The van der Waals surface area contributed by atoms with Crippen molar-refractivity contribution in [3.63, 3.8) is 0 Å². The molecule has 0 radical (unpaired) electrons. The third-order valence-electron chi connectivity index (χ3n) is 4.48. The number of hydrogen-bond donors (Lipinski definition) is 1. The van der Waals surface area contributed by atoms with E-state index >= 15 is 0 Å². The second-order valence-corrected chi connectivity index (χ2v) is 6.74. The number of anilines is 1. The van der Waals surface area contributed by atoms with Crippen LogP contribution < -0.4 is 5.32 Å². The second-order valence-electron chi connectivity index (χ2n) is 6.24. The summed E-state index contributed by atoms with van der Waals surface area (Å²) in [5.41, 5.74) is 3.45. The highest BCUT2D eigenvalue weighted by Gasteiger charge is 2.16. The van der Waals surface area contributed by atoms with Crippen molar-refractivity contribution in [1.29, 1.82) is 0 Å². The second kappa shape index (κ2) is 7.01. The van der Waals surface area contributed by atoms with Crippen LogP contribution in [0, 0.1) is 6.92 Å². The fraction of sp³-hybridized carbons (Fsp3) is 0.333. The number of nitrogens with one attached hydrogen (secondary N) is 1. The molecule has 3 aromatic rings. The number of hydrogen-bond acceptors (Lipinski definition) is 5. The van der Waals surface area contributed by atoms with Gasteiger partial charge in [0.25, 0.3) is 0 Å². The minimum Gasteiger partial charge on any atom is -0.381 e. The first-order valence-electron chi connectivity index (χ1n) is 8.32. The first-order valence-corrected chi connectivity index (χ1v) is 9.00. The van der Waals surface area contributed by atoms with E-state index in [2.05, 4.69) is 15.3 Å². The van der Waals surface area contributed by atoms with Crippen LogP contribution in [0.5, 0.6) is 0 Å². The van der Waals surface area contributed by atoms with Crippen molar-refractivity contribution in [1.82, 2.24) is 13.9 Å². The van der Waals surface area contributed by atoms with Gasteiger partial charge in [-0.25, -0.2) is 4.98 Å². The monoisotopic (exact) mass is 358 g/mol. The summed E-state index contributed by atoms with van der Waals surface area (Å²) in [5, 5.41) is 4.35. The normalized spacial score (nSPS) is 15.6. The first-order chi connectivity index (χ1) is 12.2. The molecule has 1 aliphatic rings. The summed E-state index contributed by atoms with van der Waals surface area (Å²) in [6, 6.07) is 8.07. The number of aryl methyl sites for hydroxylation is 1. The number of pyridine rings is 2. The van der Waals surface area contributed by atoms with Crippen molar-refractivity contribution in [2.45, 2.75) is 25.8 Å². The van der Waals surface area contributed by atoms with Gasteiger partial charge >= 0.3 is 0 Å². The average Bonchev–Trinajstić information content (AvgIpc) is 3.00. The van der Waals surface area contributed by atoms with E-state index in [1.165, 1.54) is 0 Å². The molecular weight excluding hydrogens is 339 g/mol. The van der Waals surface area contributed by atoms with Crippen LogP contribution in [0.2, 0.25) is 0 Å². The third kappa shape index (κ3) is 3.34. The van der Waals surface area contributed by atoms with Crippen molar-refractivity contribution in [2.75, 3.05) is 18.5 Å². The summed E-state index contributed by atoms with van der Waals surface area (Å²) in [5.74, 6) is 0.769. The molecule has 25 heavy (non-hydrogen) atoms. The average molecular weight is 358 g/mol. The fourth-order valence-electron chi connectivity index (χ4n) is 3.19. The Labute approximate surface area is 150 Å². The Morgan fingerprint density at radius 2 is 2.08 bits per heavy atom. The lowest BCUT2D eigenvalue weighted by Gasteiger charge is -2.23. The van der Waals surface area contributed by atoms with E-state index in [9.17, 15) is 3.89 Å². The Morgan fingerprint density at radius 3 is 2.84 bits per heavy atom. The van der Waals surface area contributed by atoms with Crippen LogP contribution in [0.1, 0.15) is 18.5 Å². The number of halogens is 1. The lowest BCUT2D eigenvalue weighted by Crippen LogP contribution is -2.28. The van der Waals surface area contributed by atoms with Gasteiger partial charge in [-0.1, -0.05) is 0 Å². The van der Waals surface area contributed by atoms with Crippen LogP contribution in [-0.2, 0) is 4.74 Å². The van der Waals surface area contributed by atoms with E-state index in [-0.39, 0.29) is 12.3 Å². The molecule has 1 aliphatic heterocycles. The van der Waals surface area contributed by atoms with Crippen LogP contribution >= 0.6 is 12.3 Å². The van der Waals surface area contributed by atoms with Crippen molar-refractivity contribution < 1.29 is 8.62 Å². The summed E-state index contributed by atoms with van der Waals surface area (Å²) >= 11 is 0.208. The highest BCUT2D eigenvalue weighted by Crippen LogP contribution is 2.33. The van der Waals surface area contributed by atoms with E-state index in [0.717, 1.165) is 59.7 Å². The summed E-state index contributed by atoms with van der Waals surface area (Å²) in [7, 11) is 0. The molecule has 130 valence electrons. The molecule has 0 amide bonds. The molecule has 4 rings (SSSR count). The van der Waals surface area contributed by atoms with E-state index in [4.69, 9.17) is 4.74 Å². The van der Waals surface area contributed by atoms with E-state index in [0.29, 0.717) is 6.04 Å². The third-order valence-corrected chi connectivity index (χ3v) is 5.01. The van der Waals surface area contributed by atoms with E-state index in [1.54, 1.807) is 16.4 Å². The summed E-state index contributed by atoms with van der Waals surface area (Å²) in [6.07, 6.45) is 5.45. The summed E-state index contributed by atoms with van der Waals surface area (Å²) in [4.78, 5) is 8.70. The van der Waals surface area contributed by atoms with Gasteiger partial charge in [0.1, 0.15) is 5.82 Å². The molecule has 0 spiro atoms. The van der Waals surface area contributed by atoms with E-state index in [1.807, 2.05) is 31.2 Å². The Bertz CT molecular complexity index is 892. The first kappa shape index (κ1) is 16.4. The molecule has 1 fully saturated rings.